The number of anilines is 1. The van der Waals surface area contributed by atoms with Gasteiger partial charge in [0.05, 0.1) is 5.69 Å². The molecule has 1 fully saturated rings. The average molecular weight is 289 g/mol. The van der Waals surface area contributed by atoms with E-state index in [0.717, 1.165) is 32.0 Å². The molecule has 1 atom stereocenters. The van der Waals surface area contributed by atoms with Crippen molar-refractivity contribution < 1.29 is 14.7 Å². The predicted molar refractivity (Wildman–Crippen MR) is 79.9 cm³/mol. The third kappa shape index (κ3) is 4.59. The number of aromatic nitrogens is 1. The van der Waals surface area contributed by atoms with E-state index < -0.39 is 5.97 Å². The summed E-state index contributed by atoms with van der Waals surface area (Å²) in [6.45, 7) is 3.65. The van der Waals surface area contributed by atoms with E-state index in [0.29, 0.717) is 17.4 Å². The van der Waals surface area contributed by atoms with Gasteiger partial charge in [0, 0.05) is 19.2 Å². The lowest BCUT2D eigenvalue weighted by atomic mass is 10.0. The fourth-order valence-corrected chi connectivity index (χ4v) is 2.33. The minimum Gasteiger partial charge on any atom is -0.478 e. The summed E-state index contributed by atoms with van der Waals surface area (Å²) in [5, 5.41) is 11.3. The number of amides is 2. The van der Waals surface area contributed by atoms with E-state index in [2.05, 4.69) is 17.2 Å². The van der Waals surface area contributed by atoms with Crippen molar-refractivity contribution in [3.63, 3.8) is 0 Å². The summed E-state index contributed by atoms with van der Waals surface area (Å²) in [6.07, 6.45) is 4.57. The molecule has 2 heterocycles. The van der Waals surface area contributed by atoms with E-state index in [9.17, 15) is 9.59 Å². The molecule has 2 N–H and O–H groups in total. The van der Waals surface area contributed by atoms with Crippen LogP contribution in [-0.4, -0.2) is 40.1 Å². The van der Waals surface area contributed by atoms with E-state index in [1.807, 2.05) is 0 Å². The second-order valence-corrected chi connectivity index (χ2v) is 5.24. The Morgan fingerprint density at radius 1 is 1.48 bits per heavy atom. The van der Waals surface area contributed by atoms with Crippen LogP contribution in [0.2, 0.25) is 0 Å². The highest BCUT2D eigenvalue weighted by atomic mass is 16.4. The lowest BCUT2D eigenvalue weighted by Crippen LogP contribution is -2.41. The summed E-state index contributed by atoms with van der Waals surface area (Å²) in [5.74, 6) is -0.0957. The van der Waals surface area contributed by atoms with Gasteiger partial charge in [-0.15, -0.1) is 0 Å². The maximum atomic E-state index is 12.2. The van der Waals surface area contributed by atoms with Crippen molar-refractivity contribution in [2.24, 2.45) is 5.92 Å². The number of nitrogens with one attached hydrogen (secondary N) is 1. The number of hydrogen-bond acceptors (Lipinski definition) is 3. The second-order valence-electron chi connectivity index (χ2n) is 5.24. The zero-order valence-corrected chi connectivity index (χ0v) is 12.0. The van der Waals surface area contributed by atoms with Gasteiger partial charge in [0.2, 0.25) is 0 Å². The fraction of sp³-hybridized carbons (Fsp3) is 0.400. The zero-order chi connectivity index (χ0) is 15.2. The quantitative estimate of drug-likeness (QED) is 0.837. The number of carboxylic acids is 1. The van der Waals surface area contributed by atoms with Crippen molar-refractivity contribution in [2.75, 3.05) is 18.4 Å². The molecule has 112 valence electrons. The lowest BCUT2D eigenvalue weighted by Gasteiger charge is -2.30. The molecule has 6 heteroatoms. The third-order valence-corrected chi connectivity index (χ3v) is 3.35. The molecule has 1 aromatic heterocycles. The Bertz CT molecular complexity index is 557. The van der Waals surface area contributed by atoms with E-state index in [1.54, 1.807) is 23.1 Å². The summed E-state index contributed by atoms with van der Waals surface area (Å²) in [4.78, 5) is 28.6. The Morgan fingerprint density at radius 2 is 2.29 bits per heavy atom. The number of likely N-dealkylation sites (tertiary alicyclic amines) is 1. The number of aliphatic carboxylic acids is 1. The largest absolute Gasteiger partial charge is 0.478 e. The van der Waals surface area contributed by atoms with Crippen molar-refractivity contribution in [1.82, 2.24) is 9.88 Å². The molecule has 0 saturated carbocycles. The van der Waals surface area contributed by atoms with E-state index in [-0.39, 0.29) is 6.03 Å². The minimum absolute atomic E-state index is 0.159. The second kappa shape index (κ2) is 6.88. The van der Waals surface area contributed by atoms with Crippen LogP contribution in [0.5, 0.6) is 0 Å². The first kappa shape index (κ1) is 15.0. The lowest BCUT2D eigenvalue weighted by molar-refractivity contribution is -0.131. The van der Waals surface area contributed by atoms with Crippen LogP contribution in [0.3, 0.4) is 0 Å². The molecule has 1 aliphatic heterocycles. The van der Waals surface area contributed by atoms with Gasteiger partial charge in [-0.2, -0.15) is 0 Å². The molecule has 1 aromatic rings. The maximum Gasteiger partial charge on any atom is 0.328 e. The van der Waals surface area contributed by atoms with Gasteiger partial charge in [-0.05, 0) is 37.0 Å². The highest BCUT2D eigenvalue weighted by Crippen LogP contribution is 2.16. The molecule has 0 radical (unpaired) electrons. The summed E-state index contributed by atoms with van der Waals surface area (Å²) in [5.41, 5.74) is 0.488. The van der Waals surface area contributed by atoms with Gasteiger partial charge < -0.3 is 10.0 Å². The Labute approximate surface area is 123 Å². The Hall–Kier alpha value is -2.37. The van der Waals surface area contributed by atoms with Crippen LogP contribution >= 0.6 is 0 Å². The fourth-order valence-electron chi connectivity index (χ4n) is 2.33. The molecule has 1 unspecified atom stereocenters. The molecule has 0 aromatic carbocycles. The average Bonchev–Trinajstić information content (AvgIpc) is 2.45. The number of pyridine rings is 1. The topological polar surface area (TPSA) is 82.5 Å². The smallest absolute Gasteiger partial charge is 0.328 e. The number of hydrogen-bond donors (Lipinski definition) is 2. The molecule has 0 spiro atoms. The Balaban J connectivity index is 2.00. The molecular formula is C15H19N3O3. The van der Waals surface area contributed by atoms with Crippen LogP contribution < -0.4 is 5.32 Å². The van der Waals surface area contributed by atoms with Crippen molar-refractivity contribution in [2.45, 2.75) is 19.8 Å². The van der Waals surface area contributed by atoms with Crippen LogP contribution in [0.4, 0.5) is 10.6 Å². The van der Waals surface area contributed by atoms with Crippen LogP contribution in [0.15, 0.2) is 24.3 Å². The summed E-state index contributed by atoms with van der Waals surface area (Å²) < 4.78 is 0. The van der Waals surface area contributed by atoms with Crippen LogP contribution in [0.25, 0.3) is 6.08 Å². The maximum absolute atomic E-state index is 12.2. The molecule has 6 nitrogen and oxygen atoms in total. The standard InChI is InChI=1S/C15H19N3O3/c1-11-4-3-9-18(10-11)15(21)17-13-6-2-5-12(16-13)7-8-14(19)20/h2,5-8,11H,3-4,9-10H2,1H3,(H,19,20)(H,16,17,21). The molecular weight excluding hydrogens is 270 g/mol. The number of piperidine rings is 1. The minimum atomic E-state index is -1.03. The Morgan fingerprint density at radius 3 is 3.00 bits per heavy atom. The number of urea groups is 1. The highest BCUT2D eigenvalue weighted by Gasteiger charge is 2.21. The molecule has 0 aliphatic carbocycles. The zero-order valence-electron chi connectivity index (χ0n) is 12.0. The number of carbonyl (C=O) groups is 2. The first-order valence-corrected chi connectivity index (χ1v) is 6.98. The van der Waals surface area contributed by atoms with Gasteiger partial charge in [-0.25, -0.2) is 14.6 Å². The van der Waals surface area contributed by atoms with E-state index in [1.165, 1.54) is 6.08 Å². The third-order valence-electron chi connectivity index (χ3n) is 3.35. The number of carbonyl (C=O) groups excluding carboxylic acids is 1. The van der Waals surface area contributed by atoms with Gasteiger partial charge >= 0.3 is 12.0 Å². The van der Waals surface area contributed by atoms with Crippen molar-refractivity contribution in [3.05, 3.63) is 30.0 Å². The summed E-state index contributed by atoms with van der Waals surface area (Å²) in [7, 11) is 0. The molecule has 1 saturated heterocycles. The van der Waals surface area contributed by atoms with Crippen LogP contribution in [-0.2, 0) is 4.79 Å². The predicted octanol–water partition coefficient (Wildman–Crippen LogP) is 2.44. The molecule has 0 bridgehead atoms. The number of carboxylic acid groups (broad SMARTS) is 1. The van der Waals surface area contributed by atoms with E-state index in [4.69, 9.17) is 5.11 Å². The van der Waals surface area contributed by atoms with Crippen LogP contribution in [0, 0.1) is 5.92 Å². The SMILES string of the molecule is CC1CCCN(C(=O)Nc2cccc(C=CC(=O)O)n2)C1. The van der Waals surface area contributed by atoms with Gasteiger partial charge in [0.1, 0.15) is 5.82 Å². The summed E-state index contributed by atoms with van der Waals surface area (Å²) >= 11 is 0. The highest BCUT2D eigenvalue weighted by molar-refractivity contribution is 5.89. The molecule has 21 heavy (non-hydrogen) atoms. The molecule has 1 aliphatic rings. The normalized spacial score (nSPS) is 18.7. The van der Waals surface area contributed by atoms with Gasteiger partial charge in [-0.3, -0.25) is 5.32 Å². The van der Waals surface area contributed by atoms with Crippen LogP contribution in [0.1, 0.15) is 25.5 Å². The van der Waals surface area contributed by atoms with Crippen molar-refractivity contribution in [1.29, 1.82) is 0 Å². The van der Waals surface area contributed by atoms with Gasteiger partial charge in [0.15, 0.2) is 0 Å². The molecule has 2 rings (SSSR count). The van der Waals surface area contributed by atoms with Gasteiger partial charge in [-0.1, -0.05) is 13.0 Å². The van der Waals surface area contributed by atoms with Crippen molar-refractivity contribution >= 4 is 23.9 Å². The summed E-state index contributed by atoms with van der Waals surface area (Å²) in [6, 6.07) is 4.93. The Kier molecular flexibility index (Phi) is 4.92. The van der Waals surface area contributed by atoms with Crippen molar-refractivity contribution in [3.8, 4) is 0 Å². The number of nitrogens with zero attached hydrogens (tertiary/aromatic N) is 2. The monoisotopic (exact) mass is 289 g/mol. The first-order chi connectivity index (χ1) is 10.0. The first-order valence-electron chi connectivity index (χ1n) is 6.98. The van der Waals surface area contributed by atoms with Gasteiger partial charge in [0.25, 0.3) is 0 Å². The van der Waals surface area contributed by atoms with E-state index >= 15 is 0 Å². The number of rotatable bonds is 3. The molecule has 2 amide bonds.